The van der Waals surface area contributed by atoms with Gasteiger partial charge in [0.25, 0.3) is 0 Å². The van der Waals surface area contributed by atoms with Gasteiger partial charge in [0.1, 0.15) is 17.3 Å². The Kier molecular flexibility index (Phi) is 5.01. The highest BCUT2D eigenvalue weighted by Gasteiger charge is 2.41. The minimum Gasteiger partial charge on any atom is -0.366 e. The summed E-state index contributed by atoms with van der Waals surface area (Å²) in [5, 5.41) is 5.59. The van der Waals surface area contributed by atoms with Gasteiger partial charge in [-0.1, -0.05) is 43.3 Å². The minimum atomic E-state index is -0.373. The van der Waals surface area contributed by atoms with Crippen LogP contribution in [0.2, 0.25) is 0 Å². The summed E-state index contributed by atoms with van der Waals surface area (Å²) in [7, 11) is 0. The molecule has 3 aliphatic carbocycles. The predicted octanol–water partition coefficient (Wildman–Crippen LogP) is 7.22. The van der Waals surface area contributed by atoms with Crippen molar-refractivity contribution in [2.45, 2.75) is 38.6 Å². The van der Waals surface area contributed by atoms with Crippen LogP contribution in [0.5, 0.6) is 0 Å². The van der Waals surface area contributed by atoms with Gasteiger partial charge in [-0.3, -0.25) is 0 Å². The Morgan fingerprint density at radius 1 is 0.889 bits per heavy atom. The minimum absolute atomic E-state index is 0.373. The fourth-order valence-electron chi connectivity index (χ4n) is 6.49. The summed E-state index contributed by atoms with van der Waals surface area (Å²) in [5.41, 5.74) is 4.56. The number of benzene rings is 2. The van der Waals surface area contributed by atoms with Gasteiger partial charge < -0.3 is 10.3 Å². The molecule has 3 fully saturated rings. The highest BCUT2D eigenvalue weighted by molar-refractivity contribution is 5.97. The number of anilines is 1. The third-order valence-corrected chi connectivity index (χ3v) is 8.48. The molecule has 0 aliphatic heterocycles. The van der Waals surface area contributed by atoms with Crippen molar-refractivity contribution < 1.29 is 4.39 Å². The molecular formula is C30H28FN5. The number of rotatable bonds is 4. The second-order valence-electron chi connectivity index (χ2n) is 10.4. The molecule has 36 heavy (non-hydrogen) atoms. The maximum absolute atomic E-state index is 14.1. The maximum Gasteiger partial charge on any atom is 0.164 e. The number of halogens is 1. The van der Waals surface area contributed by atoms with Crippen LogP contribution < -0.4 is 5.32 Å². The quantitative estimate of drug-likeness (QED) is 0.287. The van der Waals surface area contributed by atoms with Gasteiger partial charge in [-0.25, -0.2) is 19.3 Å². The molecule has 0 spiro atoms. The molecule has 2 atom stereocenters. The van der Waals surface area contributed by atoms with E-state index < -0.39 is 0 Å². The fourth-order valence-corrected chi connectivity index (χ4v) is 6.49. The van der Waals surface area contributed by atoms with E-state index in [9.17, 15) is 4.39 Å². The van der Waals surface area contributed by atoms with Gasteiger partial charge in [0.05, 0.1) is 11.7 Å². The van der Waals surface area contributed by atoms with E-state index >= 15 is 0 Å². The average Bonchev–Trinajstić information content (AvgIpc) is 3.34. The summed E-state index contributed by atoms with van der Waals surface area (Å²) >= 11 is 0. The molecule has 180 valence electrons. The molecule has 5 aromatic rings. The highest BCUT2D eigenvalue weighted by atomic mass is 19.1. The molecule has 3 aromatic heterocycles. The Balaban J connectivity index is 1.39. The third-order valence-electron chi connectivity index (χ3n) is 8.48. The average molecular weight is 478 g/mol. The lowest BCUT2D eigenvalue weighted by Crippen LogP contribution is -2.47. The Labute approximate surface area is 209 Å². The second-order valence-corrected chi connectivity index (χ2v) is 10.4. The number of aromatic amines is 1. The molecule has 3 aliphatic rings. The maximum atomic E-state index is 14.1. The lowest BCUT2D eigenvalue weighted by Gasteiger charge is -2.47. The van der Waals surface area contributed by atoms with Gasteiger partial charge >= 0.3 is 0 Å². The molecule has 8 rings (SSSR count). The van der Waals surface area contributed by atoms with E-state index in [0.29, 0.717) is 34.7 Å². The van der Waals surface area contributed by atoms with Crippen LogP contribution in [-0.2, 0) is 0 Å². The topological polar surface area (TPSA) is 66.5 Å². The van der Waals surface area contributed by atoms with Crippen molar-refractivity contribution in [1.29, 1.82) is 0 Å². The van der Waals surface area contributed by atoms with Crippen molar-refractivity contribution in [2.75, 3.05) is 5.32 Å². The van der Waals surface area contributed by atoms with E-state index in [1.807, 2.05) is 12.3 Å². The molecule has 2 bridgehead atoms. The van der Waals surface area contributed by atoms with Crippen LogP contribution in [0.3, 0.4) is 0 Å². The number of hydrogen-bond acceptors (Lipinski definition) is 4. The Hall–Kier alpha value is -3.80. The number of nitrogens with zero attached hydrogens (tertiary/aromatic N) is 3. The first-order valence-electron chi connectivity index (χ1n) is 12.9. The molecule has 3 saturated carbocycles. The summed E-state index contributed by atoms with van der Waals surface area (Å²) < 4.78 is 14.1. The lowest BCUT2D eigenvalue weighted by molar-refractivity contribution is 0.0929. The van der Waals surface area contributed by atoms with E-state index in [1.54, 1.807) is 0 Å². The van der Waals surface area contributed by atoms with Gasteiger partial charge in [0.2, 0.25) is 0 Å². The Morgan fingerprint density at radius 2 is 1.69 bits per heavy atom. The fraction of sp³-hybridized carbons (Fsp3) is 0.300. The SMILES string of the molecule is CC1C2CCC(CC2)C1Nc1nc(-c2c[nH]c3ncc(F)cc23)nc2ccc(-c3ccccc3)cc12. The van der Waals surface area contributed by atoms with Crippen molar-refractivity contribution in [1.82, 2.24) is 19.9 Å². The first-order chi connectivity index (χ1) is 17.6. The zero-order valence-corrected chi connectivity index (χ0v) is 20.2. The van der Waals surface area contributed by atoms with Gasteiger partial charge in [0, 0.05) is 28.6 Å². The van der Waals surface area contributed by atoms with E-state index in [2.05, 4.69) is 64.7 Å². The lowest BCUT2D eigenvalue weighted by atomic mass is 9.62. The van der Waals surface area contributed by atoms with Crippen LogP contribution in [0.4, 0.5) is 10.2 Å². The molecule has 0 amide bonds. The van der Waals surface area contributed by atoms with Gasteiger partial charge in [-0.05, 0) is 72.8 Å². The van der Waals surface area contributed by atoms with Gasteiger partial charge in [-0.15, -0.1) is 0 Å². The smallest absolute Gasteiger partial charge is 0.164 e. The summed E-state index contributed by atoms with van der Waals surface area (Å²) in [6, 6.07) is 18.7. The van der Waals surface area contributed by atoms with Crippen LogP contribution in [-0.4, -0.2) is 26.0 Å². The van der Waals surface area contributed by atoms with Crippen LogP contribution in [0.15, 0.2) is 67.0 Å². The number of fused-ring (bicyclic) bond motifs is 5. The van der Waals surface area contributed by atoms with E-state index in [4.69, 9.17) is 9.97 Å². The first-order valence-corrected chi connectivity index (χ1v) is 12.9. The molecule has 2 aromatic carbocycles. The van der Waals surface area contributed by atoms with Crippen LogP contribution in [0.25, 0.3) is 44.5 Å². The number of aromatic nitrogens is 4. The van der Waals surface area contributed by atoms with Crippen molar-refractivity contribution >= 4 is 27.8 Å². The van der Waals surface area contributed by atoms with Gasteiger partial charge in [-0.2, -0.15) is 0 Å². The molecule has 3 heterocycles. The highest BCUT2D eigenvalue weighted by Crippen LogP contribution is 2.46. The van der Waals surface area contributed by atoms with Crippen molar-refractivity contribution in [3.05, 3.63) is 72.8 Å². The Morgan fingerprint density at radius 3 is 2.50 bits per heavy atom. The largest absolute Gasteiger partial charge is 0.366 e. The van der Waals surface area contributed by atoms with Gasteiger partial charge in [0.15, 0.2) is 5.82 Å². The summed E-state index contributed by atoms with van der Waals surface area (Å²) in [5.74, 6) is 3.11. The summed E-state index contributed by atoms with van der Waals surface area (Å²) in [6.07, 6.45) is 8.29. The number of nitrogens with one attached hydrogen (secondary N) is 2. The van der Waals surface area contributed by atoms with Crippen molar-refractivity contribution in [2.24, 2.45) is 17.8 Å². The first kappa shape index (κ1) is 21.5. The van der Waals surface area contributed by atoms with Crippen molar-refractivity contribution in [3.63, 3.8) is 0 Å². The molecule has 6 heteroatoms. The number of hydrogen-bond donors (Lipinski definition) is 2. The summed E-state index contributed by atoms with van der Waals surface area (Å²) in [6.45, 7) is 2.39. The summed E-state index contributed by atoms with van der Waals surface area (Å²) in [4.78, 5) is 17.3. The molecule has 2 N–H and O–H groups in total. The molecule has 2 unspecified atom stereocenters. The van der Waals surface area contributed by atoms with Crippen molar-refractivity contribution in [3.8, 4) is 22.5 Å². The zero-order chi connectivity index (χ0) is 24.2. The van der Waals surface area contributed by atoms with E-state index in [0.717, 1.165) is 39.3 Å². The zero-order valence-electron chi connectivity index (χ0n) is 20.2. The molecule has 5 nitrogen and oxygen atoms in total. The monoisotopic (exact) mass is 477 g/mol. The number of H-pyrrole nitrogens is 1. The Bertz CT molecular complexity index is 1570. The van der Waals surface area contributed by atoms with Crippen LogP contribution >= 0.6 is 0 Å². The van der Waals surface area contributed by atoms with Crippen LogP contribution in [0, 0.1) is 23.6 Å². The van der Waals surface area contributed by atoms with E-state index in [-0.39, 0.29) is 5.82 Å². The van der Waals surface area contributed by atoms with Crippen LogP contribution in [0.1, 0.15) is 32.6 Å². The third kappa shape index (κ3) is 3.55. The standard InChI is InChI=1S/C30H28FN5/c1-17-18-7-9-20(10-8-18)27(17)35-29-24-13-21(19-5-3-2-4-6-19)11-12-26(24)34-30(36-29)25-16-33-28-23(25)14-22(31)15-32-28/h2-6,11-18,20,27H,7-10H2,1H3,(H,32,33)(H,34,35,36). The molecular weight excluding hydrogens is 449 g/mol. The second kappa shape index (κ2) is 8.40. The normalized spacial score (nSPS) is 23.4. The molecule has 0 radical (unpaired) electrons. The number of pyridine rings is 1. The predicted molar refractivity (Wildman–Crippen MR) is 142 cm³/mol. The van der Waals surface area contributed by atoms with E-state index in [1.165, 1.54) is 37.9 Å². The molecule has 0 saturated heterocycles.